The lowest BCUT2D eigenvalue weighted by Crippen LogP contribution is -2.09. The van der Waals surface area contributed by atoms with E-state index in [9.17, 15) is 13.6 Å². The molecule has 96 valence electrons. The maximum Gasteiger partial charge on any atom is 0.295 e. The molecule has 0 saturated carbocycles. The topological polar surface area (TPSA) is 127 Å². The maximum absolute atomic E-state index is 11.2. The molecule has 0 atom stereocenters. The molecule has 0 aliphatic heterocycles. The highest BCUT2D eigenvalue weighted by Gasteiger charge is 2.16. The molecule has 18 heavy (non-hydrogen) atoms. The third kappa shape index (κ3) is 2.22. The Morgan fingerprint density at radius 1 is 1.22 bits per heavy atom. The highest BCUT2D eigenvalue weighted by molar-refractivity contribution is 7.86. The second-order valence-corrected chi connectivity index (χ2v) is 5.06. The van der Waals surface area contributed by atoms with Crippen molar-refractivity contribution in [3.8, 4) is 0 Å². The van der Waals surface area contributed by atoms with E-state index in [-0.39, 0.29) is 11.1 Å². The molecule has 2 aromatic rings. The zero-order valence-electron chi connectivity index (χ0n) is 8.94. The summed E-state index contributed by atoms with van der Waals surface area (Å²) < 4.78 is 31.6. The quantitative estimate of drug-likeness (QED) is 0.426. The Morgan fingerprint density at radius 2 is 1.89 bits per heavy atom. The third-order valence-corrected chi connectivity index (χ3v) is 3.32. The molecule has 0 heterocycles. The number of hydrogen-bond acceptors (Lipinski definition) is 6. The number of nitrogen functional groups attached to an aromatic ring is 1. The Hall–Kier alpha value is -1.87. The number of hydrogen-bond donors (Lipinski definition) is 3. The lowest BCUT2D eigenvalue weighted by atomic mass is 10.1. The van der Waals surface area contributed by atoms with Gasteiger partial charge in [-0.1, -0.05) is 6.07 Å². The fourth-order valence-corrected chi connectivity index (χ4v) is 2.37. The SMILES string of the molecule is Nc1ccc2cc(N([O-])O)cc(S(=O)(=O)O)c2c1. The molecule has 0 amide bonds. The Bertz CT molecular complexity index is 712. The van der Waals surface area contributed by atoms with Crippen LogP contribution in [0.4, 0.5) is 11.4 Å². The van der Waals surface area contributed by atoms with Crippen LogP contribution in [0.25, 0.3) is 10.8 Å². The van der Waals surface area contributed by atoms with Crippen LogP contribution in [0.5, 0.6) is 0 Å². The van der Waals surface area contributed by atoms with E-state index < -0.39 is 20.2 Å². The van der Waals surface area contributed by atoms with Crippen molar-refractivity contribution < 1.29 is 18.2 Å². The molecule has 0 aliphatic rings. The van der Waals surface area contributed by atoms with Crippen LogP contribution < -0.4 is 11.0 Å². The molecule has 0 saturated heterocycles. The molecular weight excluding hydrogens is 260 g/mol. The van der Waals surface area contributed by atoms with Gasteiger partial charge in [0.15, 0.2) is 0 Å². The molecule has 0 spiro atoms. The molecule has 2 rings (SSSR count). The number of fused-ring (bicyclic) bond motifs is 1. The molecule has 0 radical (unpaired) electrons. The number of anilines is 2. The van der Waals surface area contributed by atoms with Gasteiger partial charge in [0.25, 0.3) is 10.1 Å². The van der Waals surface area contributed by atoms with Crippen LogP contribution in [0.3, 0.4) is 0 Å². The lowest BCUT2D eigenvalue weighted by molar-refractivity contribution is 0.296. The molecule has 8 heteroatoms. The average Bonchev–Trinajstić information content (AvgIpc) is 2.26. The molecule has 0 fully saturated rings. The second kappa shape index (κ2) is 4.10. The number of nitrogens with two attached hydrogens (primary N) is 1. The van der Waals surface area contributed by atoms with Crippen LogP contribution in [0.15, 0.2) is 35.2 Å². The van der Waals surface area contributed by atoms with Crippen molar-refractivity contribution >= 4 is 32.3 Å². The molecule has 0 bridgehead atoms. The summed E-state index contributed by atoms with van der Waals surface area (Å²) in [6.07, 6.45) is 0. The molecule has 4 N–H and O–H groups in total. The van der Waals surface area contributed by atoms with Crippen LogP contribution in [-0.2, 0) is 10.1 Å². The van der Waals surface area contributed by atoms with Crippen LogP contribution in [0.2, 0.25) is 0 Å². The fourth-order valence-electron chi connectivity index (χ4n) is 1.65. The number of nitrogens with zero attached hydrogens (tertiary/aromatic N) is 1. The van der Waals surface area contributed by atoms with Crippen molar-refractivity contribution in [2.45, 2.75) is 4.90 Å². The Kier molecular flexibility index (Phi) is 2.87. The predicted octanol–water partition coefficient (Wildman–Crippen LogP) is 1.36. The van der Waals surface area contributed by atoms with Crippen molar-refractivity contribution in [2.24, 2.45) is 0 Å². The number of benzene rings is 2. The van der Waals surface area contributed by atoms with E-state index in [1.165, 1.54) is 24.3 Å². The molecule has 7 nitrogen and oxygen atoms in total. The summed E-state index contributed by atoms with van der Waals surface area (Å²) in [6, 6.07) is 6.48. The highest BCUT2D eigenvalue weighted by Crippen LogP contribution is 2.30. The van der Waals surface area contributed by atoms with E-state index in [1.807, 2.05) is 0 Å². The van der Waals surface area contributed by atoms with Gasteiger partial charge in [-0.15, -0.1) is 0 Å². The fraction of sp³-hybridized carbons (Fsp3) is 0. The predicted molar refractivity (Wildman–Crippen MR) is 65.8 cm³/mol. The lowest BCUT2D eigenvalue weighted by Gasteiger charge is -2.22. The first-order chi connectivity index (χ1) is 8.29. The first-order valence-corrected chi connectivity index (χ1v) is 6.20. The van der Waals surface area contributed by atoms with Crippen molar-refractivity contribution in [1.29, 1.82) is 0 Å². The van der Waals surface area contributed by atoms with Crippen LogP contribution in [-0.4, -0.2) is 18.2 Å². The van der Waals surface area contributed by atoms with Crippen molar-refractivity contribution in [3.63, 3.8) is 0 Å². The zero-order valence-corrected chi connectivity index (χ0v) is 9.76. The van der Waals surface area contributed by atoms with Gasteiger partial charge in [0.05, 0.1) is 5.69 Å². The molecule has 0 aliphatic carbocycles. The van der Waals surface area contributed by atoms with Gasteiger partial charge >= 0.3 is 0 Å². The van der Waals surface area contributed by atoms with Crippen LogP contribution in [0, 0.1) is 5.21 Å². The standard InChI is InChI=1S/C10H9N2O5S/c11-7-2-1-6-3-8(12(13)14)5-10(9(6)4-7)18(15,16)17/h1-5,13H,11H2,(H,15,16,17)/q-1. The normalized spacial score (nSPS) is 11.7. The summed E-state index contributed by atoms with van der Waals surface area (Å²) in [6.45, 7) is 0. The van der Waals surface area contributed by atoms with Gasteiger partial charge in [-0.25, -0.2) is 0 Å². The summed E-state index contributed by atoms with van der Waals surface area (Å²) in [4.78, 5) is -0.489. The van der Waals surface area contributed by atoms with Crippen molar-refractivity contribution in [2.75, 3.05) is 11.0 Å². The Labute approximate surface area is 102 Å². The van der Waals surface area contributed by atoms with Crippen LogP contribution >= 0.6 is 0 Å². The summed E-state index contributed by atoms with van der Waals surface area (Å²) in [5.41, 5.74) is 5.54. The van der Waals surface area contributed by atoms with Gasteiger partial charge in [-0.05, 0) is 29.7 Å². The molecule has 0 unspecified atom stereocenters. The van der Waals surface area contributed by atoms with Crippen LogP contribution in [0.1, 0.15) is 0 Å². The summed E-state index contributed by atoms with van der Waals surface area (Å²) in [5, 5.41) is 19.6. The minimum absolute atomic E-state index is 0.170. The third-order valence-electron chi connectivity index (χ3n) is 2.42. The monoisotopic (exact) mass is 269 g/mol. The second-order valence-electron chi connectivity index (χ2n) is 3.67. The van der Waals surface area contributed by atoms with E-state index in [0.29, 0.717) is 11.1 Å². The minimum Gasteiger partial charge on any atom is -0.733 e. The number of rotatable bonds is 2. The molecule has 2 aromatic carbocycles. The van der Waals surface area contributed by atoms with E-state index in [4.69, 9.17) is 15.5 Å². The first-order valence-electron chi connectivity index (χ1n) is 4.76. The van der Waals surface area contributed by atoms with Gasteiger partial charge in [0.1, 0.15) is 4.90 Å². The largest absolute Gasteiger partial charge is 0.733 e. The molecule has 0 aromatic heterocycles. The minimum atomic E-state index is -4.53. The summed E-state index contributed by atoms with van der Waals surface area (Å²) >= 11 is 0. The van der Waals surface area contributed by atoms with Gasteiger partial charge in [-0.3, -0.25) is 9.76 Å². The summed E-state index contributed by atoms with van der Waals surface area (Å²) in [5.74, 6) is 0. The summed E-state index contributed by atoms with van der Waals surface area (Å²) in [7, 11) is -4.53. The van der Waals surface area contributed by atoms with Crippen molar-refractivity contribution in [1.82, 2.24) is 0 Å². The van der Waals surface area contributed by atoms with Crippen molar-refractivity contribution in [3.05, 3.63) is 35.5 Å². The van der Waals surface area contributed by atoms with Gasteiger partial charge in [0.2, 0.25) is 0 Å². The highest BCUT2D eigenvalue weighted by atomic mass is 32.2. The van der Waals surface area contributed by atoms with E-state index in [0.717, 1.165) is 6.07 Å². The van der Waals surface area contributed by atoms with Gasteiger partial charge in [-0.2, -0.15) is 8.42 Å². The smallest absolute Gasteiger partial charge is 0.295 e. The Morgan fingerprint density at radius 3 is 2.44 bits per heavy atom. The van der Waals surface area contributed by atoms with E-state index in [2.05, 4.69) is 0 Å². The van der Waals surface area contributed by atoms with Gasteiger partial charge < -0.3 is 16.2 Å². The van der Waals surface area contributed by atoms with E-state index >= 15 is 0 Å². The van der Waals surface area contributed by atoms with E-state index in [1.54, 1.807) is 0 Å². The Balaban J connectivity index is 2.91. The maximum atomic E-state index is 11.2. The average molecular weight is 269 g/mol. The van der Waals surface area contributed by atoms with Gasteiger partial charge in [0, 0.05) is 11.1 Å². The molecular formula is C10H9N2O5S-. The zero-order chi connectivity index (χ0) is 13.5. The first kappa shape index (κ1) is 12.6.